The average molecular weight is 389 g/mol. The molecule has 3 N–H and O–H groups in total. The molecule has 1 fully saturated rings. The van der Waals surface area contributed by atoms with Crippen molar-refractivity contribution in [2.24, 2.45) is 17.7 Å². The highest BCUT2D eigenvalue weighted by molar-refractivity contribution is 5.92. The van der Waals surface area contributed by atoms with Crippen LogP contribution in [0.3, 0.4) is 0 Å². The molecule has 2 amide bonds. The Labute approximate surface area is 154 Å². The third kappa shape index (κ3) is 5.60. The minimum absolute atomic E-state index is 0.161. The van der Waals surface area contributed by atoms with E-state index in [1.807, 2.05) is 0 Å². The third-order valence-electron chi connectivity index (χ3n) is 4.68. The van der Waals surface area contributed by atoms with Crippen molar-refractivity contribution in [1.29, 1.82) is 0 Å². The number of nitrogens with two attached hydrogens (primary N) is 1. The van der Waals surface area contributed by atoms with Crippen LogP contribution < -0.4 is 10.9 Å². The average Bonchev–Trinajstić information content (AvgIpc) is 2.93. The van der Waals surface area contributed by atoms with E-state index in [4.69, 9.17) is 5.84 Å². The van der Waals surface area contributed by atoms with Crippen LogP contribution in [0.5, 0.6) is 0 Å². The molecular formula is C16H22F3N5O3. The van der Waals surface area contributed by atoms with Crippen LogP contribution in [0.2, 0.25) is 0 Å². The molecule has 0 saturated heterocycles. The summed E-state index contributed by atoms with van der Waals surface area (Å²) in [5, 5.41) is 10.4. The maximum Gasteiger partial charge on any atom is 0.433 e. The van der Waals surface area contributed by atoms with E-state index in [2.05, 4.69) is 9.97 Å². The van der Waals surface area contributed by atoms with Crippen LogP contribution in [0.1, 0.15) is 44.2 Å². The van der Waals surface area contributed by atoms with Crippen molar-refractivity contribution >= 4 is 18.3 Å². The molecule has 1 atom stereocenters. The van der Waals surface area contributed by atoms with Gasteiger partial charge in [-0.2, -0.15) is 13.2 Å². The number of amides is 2. The Morgan fingerprint density at radius 1 is 1.33 bits per heavy atom. The number of hydrazine groups is 1. The van der Waals surface area contributed by atoms with Gasteiger partial charge >= 0.3 is 6.18 Å². The van der Waals surface area contributed by atoms with Gasteiger partial charge in [-0.15, -0.1) is 0 Å². The van der Waals surface area contributed by atoms with Crippen molar-refractivity contribution in [3.05, 3.63) is 18.0 Å². The van der Waals surface area contributed by atoms with E-state index in [0.717, 1.165) is 31.9 Å². The molecule has 11 heteroatoms. The van der Waals surface area contributed by atoms with Crippen LogP contribution >= 0.6 is 0 Å². The Morgan fingerprint density at radius 3 is 2.52 bits per heavy atom. The lowest BCUT2D eigenvalue weighted by Crippen LogP contribution is -2.48. The van der Waals surface area contributed by atoms with E-state index in [1.165, 1.54) is 0 Å². The van der Waals surface area contributed by atoms with Crippen LogP contribution in [-0.2, 0) is 15.8 Å². The Morgan fingerprint density at radius 2 is 1.96 bits per heavy atom. The quantitative estimate of drug-likeness (QED) is 0.192. The van der Waals surface area contributed by atoms with Crippen LogP contribution in [0.4, 0.5) is 19.1 Å². The van der Waals surface area contributed by atoms with Gasteiger partial charge in [0.15, 0.2) is 0 Å². The number of alkyl halides is 3. The monoisotopic (exact) mass is 389 g/mol. The largest absolute Gasteiger partial charge is 0.433 e. The number of aromatic nitrogens is 2. The van der Waals surface area contributed by atoms with Gasteiger partial charge in [-0.3, -0.25) is 14.8 Å². The maximum atomic E-state index is 12.9. The van der Waals surface area contributed by atoms with E-state index in [1.54, 1.807) is 0 Å². The molecular weight excluding hydrogens is 367 g/mol. The van der Waals surface area contributed by atoms with Crippen molar-refractivity contribution < 1.29 is 28.0 Å². The van der Waals surface area contributed by atoms with E-state index in [9.17, 15) is 28.0 Å². The van der Waals surface area contributed by atoms with Crippen LogP contribution in [0, 0.1) is 11.8 Å². The van der Waals surface area contributed by atoms with Crippen molar-refractivity contribution in [2.45, 2.75) is 44.7 Å². The molecule has 0 bridgehead atoms. The molecule has 8 nitrogen and oxygen atoms in total. The van der Waals surface area contributed by atoms with Crippen LogP contribution in [0.25, 0.3) is 0 Å². The molecule has 0 aromatic carbocycles. The number of carbonyl (C=O) groups is 2. The predicted molar refractivity (Wildman–Crippen MR) is 87.9 cm³/mol. The molecule has 2 rings (SSSR count). The fourth-order valence-electron chi connectivity index (χ4n) is 3.29. The minimum Gasteiger partial charge on any atom is -0.286 e. The Balaban J connectivity index is 2.26. The number of halogens is 3. The molecule has 150 valence electrons. The number of nitrogens with zero attached hydrogens (tertiary/aromatic N) is 4. The van der Waals surface area contributed by atoms with Gasteiger partial charge < -0.3 is 0 Å². The standard InChI is InChI=1S/C16H22F3N5O3/c17-16(18,19)13-7-8-21-15(22-13)24(20)14(26)12(9-23(27)10-25)11-5-3-1-2-4-6-11/h7-8,10-12,27H,1-6,9,20H2/t12-/m0/s1. The molecule has 0 radical (unpaired) electrons. The normalized spacial score (nSPS) is 17.1. The zero-order chi connectivity index (χ0) is 20.0. The van der Waals surface area contributed by atoms with Gasteiger partial charge in [0.05, 0.1) is 12.5 Å². The lowest BCUT2D eigenvalue weighted by molar-refractivity contribution is -0.155. The molecule has 0 spiro atoms. The molecule has 1 aliphatic carbocycles. The van der Waals surface area contributed by atoms with Gasteiger partial charge in [0.25, 0.3) is 0 Å². The summed E-state index contributed by atoms with van der Waals surface area (Å²) in [6.07, 6.45) is 1.50. The first kappa shape index (κ1) is 21.0. The van der Waals surface area contributed by atoms with Gasteiger partial charge in [0.1, 0.15) is 5.69 Å². The summed E-state index contributed by atoms with van der Waals surface area (Å²) >= 11 is 0. The molecule has 0 unspecified atom stereocenters. The lowest BCUT2D eigenvalue weighted by Gasteiger charge is -2.29. The molecule has 1 saturated carbocycles. The second kappa shape index (κ2) is 9.09. The van der Waals surface area contributed by atoms with Gasteiger partial charge in [-0.1, -0.05) is 25.7 Å². The van der Waals surface area contributed by atoms with E-state index < -0.39 is 29.6 Å². The second-order valence-corrected chi connectivity index (χ2v) is 6.53. The Hall–Kier alpha value is -2.27. The maximum absolute atomic E-state index is 12.9. The molecule has 1 aromatic rings. The van der Waals surface area contributed by atoms with E-state index in [-0.39, 0.29) is 18.9 Å². The smallest absolute Gasteiger partial charge is 0.286 e. The molecule has 1 aromatic heterocycles. The summed E-state index contributed by atoms with van der Waals surface area (Å²) in [5.41, 5.74) is -1.22. The Bertz CT molecular complexity index is 650. The van der Waals surface area contributed by atoms with Crippen molar-refractivity contribution in [3.8, 4) is 0 Å². The summed E-state index contributed by atoms with van der Waals surface area (Å²) < 4.78 is 38.5. The highest BCUT2D eigenvalue weighted by Gasteiger charge is 2.36. The summed E-state index contributed by atoms with van der Waals surface area (Å²) in [6, 6.07) is 0.673. The molecule has 1 heterocycles. The first-order valence-electron chi connectivity index (χ1n) is 8.63. The minimum atomic E-state index is -4.71. The van der Waals surface area contributed by atoms with Crippen molar-refractivity contribution in [1.82, 2.24) is 15.0 Å². The number of hydrogen-bond donors (Lipinski definition) is 2. The zero-order valence-corrected chi connectivity index (χ0v) is 14.6. The molecule has 0 aliphatic heterocycles. The summed E-state index contributed by atoms with van der Waals surface area (Å²) in [6.45, 7) is -0.306. The number of hydroxylamine groups is 2. The van der Waals surface area contributed by atoms with E-state index >= 15 is 0 Å². The van der Waals surface area contributed by atoms with Gasteiger partial charge in [-0.25, -0.2) is 25.9 Å². The summed E-state index contributed by atoms with van der Waals surface area (Å²) in [7, 11) is 0. The van der Waals surface area contributed by atoms with Crippen molar-refractivity contribution in [3.63, 3.8) is 0 Å². The number of hydrogen-bond acceptors (Lipinski definition) is 6. The summed E-state index contributed by atoms with van der Waals surface area (Å²) in [4.78, 5) is 30.6. The second-order valence-electron chi connectivity index (χ2n) is 6.53. The third-order valence-corrected chi connectivity index (χ3v) is 4.68. The predicted octanol–water partition coefficient (Wildman–Crippen LogP) is 2.14. The fraction of sp³-hybridized carbons (Fsp3) is 0.625. The van der Waals surface area contributed by atoms with Crippen LogP contribution in [0.15, 0.2) is 12.3 Å². The SMILES string of the molecule is NN(C(=O)[C@@H](CN(O)C=O)C1CCCCCC1)c1nccc(C(F)(F)F)n1. The lowest BCUT2D eigenvalue weighted by atomic mass is 9.85. The van der Waals surface area contributed by atoms with E-state index in [0.29, 0.717) is 29.0 Å². The molecule has 27 heavy (non-hydrogen) atoms. The van der Waals surface area contributed by atoms with Gasteiger partial charge in [0, 0.05) is 6.20 Å². The number of rotatable bonds is 6. The highest BCUT2D eigenvalue weighted by atomic mass is 19.4. The zero-order valence-electron chi connectivity index (χ0n) is 14.6. The number of anilines is 1. The topological polar surface area (TPSA) is 113 Å². The van der Waals surface area contributed by atoms with Gasteiger partial charge in [0.2, 0.25) is 18.3 Å². The summed E-state index contributed by atoms with van der Waals surface area (Å²) in [5.74, 6) is 3.34. The van der Waals surface area contributed by atoms with Gasteiger partial charge in [-0.05, 0) is 24.8 Å². The first-order valence-corrected chi connectivity index (χ1v) is 8.63. The first-order chi connectivity index (χ1) is 12.7. The number of carbonyl (C=O) groups excluding carboxylic acids is 2. The van der Waals surface area contributed by atoms with Crippen molar-refractivity contribution in [2.75, 3.05) is 11.6 Å². The van der Waals surface area contributed by atoms with Crippen LogP contribution in [-0.4, -0.2) is 39.1 Å². The Kier molecular flexibility index (Phi) is 7.08. The highest BCUT2D eigenvalue weighted by Crippen LogP contribution is 2.31. The molecule has 1 aliphatic rings. The fourth-order valence-corrected chi connectivity index (χ4v) is 3.29.